The lowest BCUT2D eigenvalue weighted by molar-refractivity contribution is 0.299. The lowest BCUT2D eigenvalue weighted by Crippen LogP contribution is -2.29. The molecular weight excluding hydrogens is 253 g/mol. The van der Waals surface area contributed by atoms with Gasteiger partial charge in [0.1, 0.15) is 5.82 Å². The fourth-order valence-electron chi connectivity index (χ4n) is 2.24. The smallest absolute Gasteiger partial charge is 0.128 e. The number of halogens is 1. The van der Waals surface area contributed by atoms with Gasteiger partial charge in [0, 0.05) is 30.4 Å². The molecule has 2 aromatic rings. The van der Waals surface area contributed by atoms with Crippen LogP contribution in [0, 0.1) is 12.7 Å². The van der Waals surface area contributed by atoms with Crippen LogP contribution in [0.5, 0.6) is 0 Å². The maximum atomic E-state index is 13.7. The van der Waals surface area contributed by atoms with E-state index in [0.29, 0.717) is 18.7 Å². The van der Waals surface area contributed by atoms with Gasteiger partial charge in [-0.05, 0) is 32.2 Å². The number of pyridine rings is 1. The lowest BCUT2D eigenvalue weighted by atomic mass is 10.1. The number of likely N-dealkylation sites (N-methyl/N-ethyl adjacent to an activating group) is 1. The lowest BCUT2D eigenvalue weighted by Gasteiger charge is -2.21. The third-order valence-electron chi connectivity index (χ3n) is 3.19. The van der Waals surface area contributed by atoms with Crippen molar-refractivity contribution in [3.8, 4) is 0 Å². The first-order valence-electron chi connectivity index (χ1n) is 6.67. The van der Waals surface area contributed by atoms with Gasteiger partial charge in [-0.25, -0.2) is 4.39 Å². The molecule has 0 aliphatic rings. The van der Waals surface area contributed by atoms with E-state index in [0.717, 1.165) is 11.4 Å². The standard InChI is InChI=1S/C16H20FN3/c1-12-6-5-7-13(19-12)10-20(2)11-16(18)14-8-3-4-9-15(14)17/h3-9,16H,10-11,18H2,1-2H3. The van der Waals surface area contributed by atoms with E-state index in [9.17, 15) is 4.39 Å². The van der Waals surface area contributed by atoms with Crippen LogP contribution < -0.4 is 5.73 Å². The Morgan fingerprint density at radius 3 is 2.65 bits per heavy atom. The van der Waals surface area contributed by atoms with Crippen LogP contribution in [0.25, 0.3) is 0 Å². The van der Waals surface area contributed by atoms with Gasteiger partial charge in [0.25, 0.3) is 0 Å². The maximum absolute atomic E-state index is 13.7. The number of nitrogens with zero attached hydrogens (tertiary/aromatic N) is 2. The van der Waals surface area contributed by atoms with E-state index < -0.39 is 0 Å². The molecule has 0 saturated carbocycles. The third kappa shape index (κ3) is 3.85. The zero-order chi connectivity index (χ0) is 14.5. The normalized spacial score (nSPS) is 12.7. The van der Waals surface area contributed by atoms with Gasteiger partial charge >= 0.3 is 0 Å². The number of rotatable bonds is 5. The van der Waals surface area contributed by atoms with Gasteiger partial charge in [0.2, 0.25) is 0 Å². The molecule has 0 aliphatic carbocycles. The van der Waals surface area contributed by atoms with Crippen molar-refractivity contribution in [3.05, 3.63) is 65.2 Å². The first kappa shape index (κ1) is 14.6. The molecule has 0 bridgehead atoms. The van der Waals surface area contributed by atoms with E-state index in [1.54, 1.807) is 18.2 Å². The summed E-state index contributed by atoms with van der Waals surface area (Å²) in [5, 5.41) is 0. The molecule has 1 atom stereocenters. The maximum Gasteiger partial charge on any atom is 0.128 e. The molecule has 0 saturated heterocycles. The van der Waals surface area contributed by atoms with Crippen molar-refractivity contribution in [2.24, 2.45) is 5.73 Å². The minimum absolute atomic E-state index is 0.248. The van der Waals surface area contributed by atoms with Gasteiger partial charge in [-0.1, -0.05) is 24.3 Å². The highest BCUT2D eigenvalue weighted by atomic mass is 19.1. The van der Waals surface area contributed by atoms with E-state index in [-0.39, 0.29) is 11.9 Å². The quantitative estimate of drug-likeness (QED) is 0.910. The van der Waals surface area contributed by atoms with Crippen molar-refractivity contribution in [2.45, 2.75) is 19.5 Å². The molecule has 1 aromatic heterocycles. The fraction of sp³-hybridized carbons (Fsp3) is 0.312. The van der Waals surface area contributed by atoms with Gasteiger partial charge in [-0.2, -0.15) is 0 Å². The second-order valence-electron chi connectivity index (χ2n) is 5.10. The minimum Gasteiger partial charge on any atom is -0.323 e. The first-order valence-corrected chi connectivity index (χ1v) is 6.67. The summed E-state index contributed by atoms with van der Waals surface area (Å²) in [4.78, 5) is 6.51. The second-order valence-corrected chi connectivity index (χ2v) is 5.10. The van der Waals surface area contributed by atoms with Crippen LogP contribution in [0.3, 0.4) is 0 Å². The largest absolute Gasteiger partial charge is 0.323 e. The minimum atomic E-state index is -0.342. The summed E-state index contributed by atoms with van der Waals surface area (Å²) in [5.41, 5.74) is 8.62. The summed E-state index contributed by atoms with van der Waals surface area (Å²) >= 11 is 0. The number of aryl methyl sites for hydroxylation is 1. The number of hydrogen-bond acceptors (Lipinski definition) is 3. The molecule has 0 spiro atoms. The van der Waals surface area contributed by atoms with Crippen LogP contribution in [-0.2, 0) is 6.54 Å². The molecule has 0 aliphatic heterocycles. The van der Waals surface area contributed by atoms with Crippen molar-refractivity contribution < 1.29 is 4.39 Å². The number of benzene rings is 1. The van der Waals surface area contributed by atoms with E-state index in [1.165, 1.54) is 6.07 Å². The summed E-state index contributed by atoms with van der Waals surface area (Å²) in [7, 11) is 1.96. The molecule has 1 heterocycles. The van der Waals surface area contributed by atoms with Crippen LogP contribution in [0.2, 0.25) is 0 Å². The second kappa shape index (κ2) is 6.59. The van der Waals surface area contributed by atoms with Crippen LogP contribution in [0.4, 0.5) is 4.39 Å². The van der Waals surface area contributed by atoms with Crippen molar-refractivity contribution in [1.82, 2.24) is 9.88 Å². The van der Waals surface area contributed by atoms with Crippen LogP contribution in [-0.4, -0.2) is 23.5 Å². The van der Waals surface area contributed by atoms with Crippen molar-refractivity contribution >= 4 is 0 Å². The van der Waals surface area contributed by atoms with Gasteiger partial charge in [-0.3, -0.25) is 9.88 Å². The molecular formula is C16H20FN3. The molecule has 0 amide bonds. The Morgan fingerprint density at radius 2 is 1.95 bits per heavy atom. The Kier molecular flexibility index (Phi) is 4.82. The Labute approximate surface area is 119 Å². The van der Waals surface area contributed by atoms with Gasteiger partial charge < -0.3 is 5.73 Å². The topological polar surface area (TPSA) is 42.1 Å². The van der Waals surface area contributed by atoms with E-state index >= 15 is 0 Å². The number of nitrogens with two attached hydrogens (primary N) is 1. The molecule has 4 heteroatoms. The summed E-state index contributed by atoms with van der Waals surface area (Å²) < 4.78 is 13.7. The molecule has 106 valence electrons. The van der Waals surface area contributed by atoms with E-state index in [1.807, 2.05) is 32.2 Å². The van der Waals surface area contributed by atoms with Crippen molar-refractivity contribution in [3.63, 3.8) is 0 Å². The zero-order valence-corrected chi connectivity index (χ0v) is 11.9. The zero-order valence-electron chi connectivity index (χ0n) is 11.9. The SMILES string of the molecule is Cc1cccc(CN(C)CC(N)c2ccccc2F)n1. The predicted molar refractivity (Wildman–Crippen MR) is 78.6 cm³/mol. The van der Waals surface area contributed by atoms with Crippen molar-refractivity contribution in [2.75, 3.05) is 13.6 Å². The summed E-state index contributed by atoms with van der Waals surface area (Å²) in [6, 6.07) is 12.3. The molecule has 20 heavy (non-hydrogen) atoms. The highest BCUT2D eigenvalue weighted by Crippen LogP contribution is 2.16. The Balaban J connectivity index is 1.98. The highest BCUT2D eigenvalue weighted by molar-refractivity contribution is 5.21. The number of hydrogen-bond donors (Lipinski definition) is 1. The van der Waals surface area contributed by atoms with Gasteiger partial charge in [0.15, 0.2) is 0 Å². The van der Waals surface area contributed by atoms with E-state index in [2.05, 4.69) is 9.88 Å². The summed E-state index contributed by atoms with van der Waals surface area (Å²) in [6.07, 6.45) is 0. The highest BCUT2D eigenvalue weighted by Gasteiger charge is 2.13. The Hall–Kier alpha value is -1.78. The average Bonchev–Trinajstić information content (AvgIpc) is 2.38. The summed E-state index contributed by atoms with van der Waals surface area (Å²) in [5.74, 6) is -0.248. The average molecular weight is 273 g/mol. The molecule has 1 aromatic carbocycles. The Morgan fingerprint density at radius 1 is 1.20 bits per heavy atom. The molecule has 3 nitrogen and oxygen atoms in total. The van der Waals surface area contributed by atoms with Crippen LogP contribution >= 0.6 is 0 Å². The molecule has 2 N–H and O–H groups in total. The van der Waals surface area contributed by atoms with Crippen LogP contribution in [0.15, 0.2) is 42.5 Å². The summed E-state index contributed by atoms with van der Waals surface area (Å²) in [6.45, 7) is 3.25. The van der Waals surface area contributed by atoms with E-state index in [4.69, 9.17) is 5.73 Å². The van der Waals surface area contributed by atoms with Gasteiger partial charge in [-0.15, -0.1) is 0 Å². The molecule has 0 fully saturated rings. The monoisotopic (exact) mass is 273 g/mol. The predicted octanol–water partition coefficient (Wildman–Crippen LogP) is 2.66. The molecule has 2 rings (SSSR count). The first-order chi connectivity index (χ1) is 9.56. The molecule has 0 radical (unpaired) electrons. The van der Waals surface area contributed by atoms with Crippen LogP contribution in [0.1, 0.15) is 23.0 Å². The third-order valence-corrected chi connectivity index (χ3v) is 3.19. The Bertz CT molecular complexity index is 571. The van der Waals surface area contributed by atoms with Gasteiger partial charge in [0.05, 0.1) is 5.69 Å². The molecule has 1 unspecified atom stereocenters. The van der Waals surface area contributed by atoms with Crippen molar-refractivity contribution in [1.29, 1.82) is 0 Å². The number of aromatic nitrogens is 1. The fourth-order valence-corrected chi connectivity index (χ4v) is 2.24.